The molecule has 0 radical (unpaired) electrons. The molecule has 2 atom stereocenters. The molecule has 3 rings (SSSR count). The molecule has 2 fully saturated rings. The number of benzene rings is 1. The zero-order valence-corrected chi connectivity index (χ0v) is 15.1. The first-order chi connectivity index (χ1) is 12.1. The van der Waals surface area contributed by atoms with Gasteiger partial charge >= 0.3 is 0 Å². The van der Waals surface area contributed by atoms with Crippen LogP contribution < -0.4 is 4.90 Å². The van der Waals surface area contributed by atoms with Gasteiger partial charge in [0, 0.05) is 51.9 Å². The first-order valence-electron chi connectivity index (χ1n) is 8.97. The number of likely N-dealkylation sites (tertiary alicyclic amines) is 1. The topological polar surface area (TPSA) is 53.1 Å². The number of rotatable bonds is 5. The first-order valence-corrected chi connectivity index (χ1v) is 8.97. The van der Waals surface area contributed by atoms with E-state index in [1.807, 2.05) is 30.0 Å². The van der Waals surface area contributed by atoms with E-state index in [2.05, 4.69) is 17.0 Å². The normalized spacial score (nSPS) is 22.4. The summed E-state index contributed by atoms with van der Waals surface area (Å²) in [6.45, 7) is 6.08. The van der Waals surface area contributed by atoms with Gasteiger partial charge in [0.2, 0.25) is 11.8 Å². The largest absolute Gasteiger partial charge is 0.383 e. The van der Waals surface area contributed by atoms with E-state index in [1.165, 1.54) is 5.69 Å². The Hall–Kier alpha value is -2.08. The van der Waals surface area contributed by atoms with Crippen molar-refractivity contribution in [3.8, 4) is 0 Å². The van der Waals surface area contributed by atoms with Crippen molar-refractivity contribution in [1.29, 1.82) is 0 Å². The van der Waals surface area contributed by atoms with Crippen molar-refractivity contribution in [3.05, 3.63) is 30.3 Å². The second-order valence-corrected chi connectivity index (χ2v) is 6.90. The van der Waals surface area contributed by atoms with Crippen LogP contribution in [0.5, 0.6) is 0 Å². The summed E-state index contributed by atoms with van der Waals surface area (Å²) in [5.41, 5.74) is 1.20. The number of ether oxygens (including phenoxy) is 1. The molecular weight excluding hydrogens is 318 g/mol. The van der Waals surface area contributed by atoms with Gasteiger partial charge in [0.15, 0.2) is 0 Å². The first kappa shape index (κ1) is 17.7. The summed E-state index contributed by atoms with van der Waals surface area (Å²) >= 11 is 0. The van der Waals surface area contributed by atoms with Gasteiger partial charge < -0.3 is 19.4 Å². The molecule has 6 nitrogen and oxygen atoms in total. The van der Waals surface area contributed by atoms with Crippen LogP contribution in [0.25, 0.3) is 0 Å². The number of methoxy groups -OCH3 is 1. The number of para-hydroxylation sites is 1. The third-order valence-electron chi connectivity index (χ3n) is 5.16. The van der Waals surface area contributed by atoms with Crippen molar-refractivity contribution >= 4 is 17.5 Å². The highest BCUT2D eigenvalue weighted by Crippen LogP contribution is 2.24. The summed E-state index contributed by atoms with van der Waals surface area (Å²) in [6.07, 6.45) is 0.325. The van der Waals surface area contributed by atoms with Gasteiger partial charge in [-0.1, -0.05) is 18.2 Å². The fraction of sp³-hybridized carbons (Fsp3) is 0.579. The van der Waals surface area contributed by atoms with Crippen LogP contribution in [0.2, 0.25) is 0 Å². The van der Waals surface area contributed by atoms with Crippen molar-refractivity contribution < 1.29 is 14.3 Å². The van der Waals surface area contributed by atoms with E-state index >= 15 is 0 Å². The third kappa shape index (κ3) is 3.95. The smallest absolute Gasteiger partial charge is 0.228 e. The summed E-state index contributed by atoms with van der Waals surface area (Å²) in [4.78, 5) is 31.0. The molecule has 0 bridgehead atoms. The minimum absolute atomic E-state index is 0.0187. The molecule has 2 heterocycles. The van der Waals surface area contributed by atoms with E-state index in [0.717, 1.165) is 13.1 Å². The van der Waals surface area contributed by atoms with E-state index in [1.54, 1.807) is 12.0 Å². The van der Waals surface area contributed by atoms with Crippen molar-refractivity contribution in [2.75, 3.05) is 51.3 Å². The summed E-state index contributed by atoms with van der Waals surface area (Å²) in [6, 6.07) is 10.3. The molecule has 1 aromatic rings. The van der Waals surface area contributed by atoms with Gasteiger partial charge in [-0.3, -0.25) is 9.59 Å². The molecule has 0 aromatic heterocycles. The van der Waals surface area contributed by atoms with Gasteiger partial charge in [0.05, 0.1) is 18.6 Å². The van der Waals surface area contributed by atoms with Crippen molar-refractivity contribution in [1.82, 2.24) is 9.80 Å². The average molecular weight is 345 g/mol. The van der Waals surface area contributed by atoms with E-state index in [4.69, 9.17) is 4.74 Å². The highest BCUT2D eigenvalue weighted by molar-refractivity contribution is 5.89. The molecule has 2 aliphatic heterocycles. The maximum atomic E-state index is 12.8. The van der Waals surface area contributed by atoms with Crippen molar-refractivity contribution in [3.63, 3.8) is 0 Å². The zero-order valence-electron chi connectivity index (χ0n) is 15.1. The highest BCUT2D eigenvalue weighted by atomic mass is 16.5. The molecule has 6 heteroatoms. The Morgan fingerprint density at radius 2 is 1.88 bits per heavy atom. The van der Waals surface area contributed by atoms with Crippen LogP contribution in [-0.2, 0) is 14.3 Å². The van der Waals surface area contributed by atoms with Crippen LogP contribution in [0.15, 0.2) is 30.3 Å². The van der Waals surface area contributed by atoms with Crippen LogP contribution in [0, 0.1) is 5.92 Å². The summed E-state index contributed by atoms with van der Waals surface area (Å²) in [5.74, 6) is -0.0333. The number of hydrogen-bond donors (Lipinski definition) is 0. The quantitative estimate of drug-likeness (QED) is 0.805. The van der Waals surface area contributed by atoms with Crippen LogP contribution >= 0.6 is 0 Å². The fourth-order valence-corrected chi connectivity index (χ4v) is 3.74. The number of piperazine rings is 1. The zero-order chi connectivity index (χ0) is 17.8. The van der Waals surface area contributed by atoms with E-state index in [-0.39, 0.29) is 23.8 Å². The molecule has 2 amide bonds. The average Bonchev–Trinajstić information content (AvgIpc) is 3.04. The molecule has 0 aliphatic carbocycles. The van der Waals surface area contributed by atoms with Gasteiger partial charge in [0.25, 0.3) is 0 Å². The molecular formula is C19H27N3O3. The van der Waals surface area contributed by atoms with Crippen LogP contribution in [-0.4, -0.2) is 74.1 Å². The maximum Gasteiger partial charge on any atom is 0.228 e. The van der Waals surface area contributed by atoms with Crippen LogP contribution in [0.4, 0.5) is 5.69 Å². The third-order valence-corrected chi connectivity index (χ3v) is 5.16. The maximum absolute atomic E-state index is 12.8. The summed E-state index contributed by atoms with van der Waals surface area (Å²) < 4.78 is 5.14. The molecule has 0 saturated carbocycles. The summed E-state index contributed by atoms with van der Waals surface area (Å²) in [5, 5.41) is 0. The SMILES string of the molecule is COC[C@@H](C)N1C[C@@H](C(=O)N2CCN(c3ccccc3)CC2)CC1=O. The molecule has 2 aliphatic rings. The fourth-order valence-electron chi connectivity index (χ4n) is 3.74. The van der Waals surface area contributed by atoms with Crippen molar-refractivity contribution in [2.24, 2.45) is 5.92 Å². The number of nitrogens with zero attached hydrogens (tertiary/aromatic N) is 3. The Bertz CT molecular complexity index is 599. The Morgan fingerprint density at radius 3 is 2.52 bits per heavy atom. The lowest BCUT2D eigenvalue weighted by Gasteiger charge is -2.37. The molecule has 0 unspecified atom stereocenters. The highest BCUT2D eigenvalue weighted by Gasteiger charge is 2.38. The lowest BCUT2D eigenvalue weighted by Crippen LogP contribution is -2.50. The predicted molar refractivity (Wildman–Crippen MR) is 96.4 cm³/mol. The van der Waals surface area contributed by atoms with Crippen LogP contribution in [0.1, 0.15) is 13.3 Å². The summed E-state index contributed by atoms with van der Waals surface area (Å²) in [7, 11) is 1.63. The van der Waals surface area contributed by atoms with Gasteiger partial charge in [-0.15, -0.1) is 0 Å². The van der Waals surface area contributed by atoms with Gasteiger partial charge in [-0.05, 0) is 19.1 Å². The van der Waals surface area contributed by atoms with Gasteiger partial charge in [-0.25, -0.2) is 0 Å². The lowest BCUT2D eigenvalue weighted by molar-refractivity contribution is -0.136. The number of hydrogen-bond acceptors (Lipinski definition) is 4. The Balaban J connectivity index is 1.54. The second kappa shape index (κ2) is 7.87. The number of amides is 2. The number of anilines is 1. The Labute approximate surface area is 149 Å². The van der Waals surface area contributed by atoms with E-state index < -0.39 is 0 Å². The molecule has 25 heavy (non-hydrogen) atoms. The minimum Gasteiger partial charge on any atom is -0.383 e. The molecule has 136 valence electrons. The molecule has 0 spiro atoms. The van der Waals surface area contributed by atoms with E-state index in [0.29, 0.717) is 32.7 Å². The van der Waals surface area contributed by atoms with Gasteiger partial charge in [0.1, 0.15) is 0 Å². The van der Waals surface area contributed by atoms with E-state index in [9.17, 15) is 9.59 Å². The molecule has 1 aromatic carbocycles. The molecule has 2 saturated heterocycles. The number of carbonyl (C=O) groups excluding carboxylic acids is 2. The minimum atomic E-state index is -0.213. The Morgan fingerprint density at radius 1 is 1.20 bits per heavy atom. The lowest BCUT2D eigenvalue weighted by atomic mass is 10.1. The number of carbonyl (C=O) groups is 2. The van der Waals surface area contributed by atoms with Crippen LogP contribution in [0.3, 0.4) is 0 Å². The molecule has 0 N–H and O–H groups in total. The standard InChI is InChI=1S/C19H27N3O3/c1-15(14-25-2)22-13-16(12-18(22)23)19(24)21-10-8-20(9-11-21)17-6-4-3-5-7-17/h3-7,15-16H,8-14H2,1-2H3/t15-,16+/m1/s1. The second-order valence-electron chi connectivity index (χ2n) is 6.90. The predicted octanol–water partition coefficient (Wildman–Crippen LogP) is 1.22. The van der Waals surface area contributed by atoms with Gasteiger partial charge in [-0.2, -0.15) is 0 Å². The monoisotopic (exact) mass is 345 g/mol. The van der Waals surface area contributed by atoms with Crippen molar-refractivity contribution in [2.45, 2.75) is 19.4 Å². The Kier molecular flexibility index (Phi) is 5.58.